The molecule has 0 saturated carbocycles. The van der Waals surface area contributed by atoms with Gasteiger partial charge in [0.05, 0.1) is 24.9 Å². The Kier molecular flexibility index (Phi) is 10.1. The van der Waals surface area contributed by atoms with Gasteiger partial charge in [-0.2, -0.15) is 11.3 Å². The number of halogens is 1. The van der Waals surface area contributed by atoms with Crippen molar-refractivity contribution in [3.8, 4) is 33.8 Å². The summed E-state index contributed by atoms with van der Waals surface area (Å²) >= 11 is 1.78. The van der Waals surface area contributed by atoms with Gasteiger partial charge in [0.1, 0.15) is 5.82 Å². The molecule has 49 heavy (non-hydrogen) atoms. The van der Waals surface area contributed by atoms with Crippen molar-refractivity contribution in [3.05, 3.63) is 139 Å². The van der Waals surface area contributed by atoms with Gasteiger partial charge >= 0.3 is 0 Å². The van der Waals surface area contributed by atoms with Crippen LogP contribution in [0.5, 0.6) is 0 Å². The topological polar surface area (TPSA) is 30.7 Å². The van der Waals surface area contributed by atoms with E-state index in [4.69, 9.17) is 4.98 Å². The molecule has 3 heterocycles. The van der Waals surface area contributed by atoms with E-state index in [0.29, 0.717) is 0 Å². The van der Waals surface area contributed by atoms with E-state index in [0.717, 1.165) is 44.8 Å². The minimum Gasteiger partial charge on any atom is -0.362 e. The first kappa shape index (κ1) is 34.6. The fourth-order valence-electron chi connectivity index (χ4n) is 6.02. The maximum atomic E-state index is 13.4. The number of para-hydroxylation sites is 2. The third-order valence-corrected chi connectivity index (χ3v) is 11.8. The van der Waals surface area contributed by atoms with Crippen molar-refractivity contribution in [1.82, 2.24) is 14.5 Å². The molecule has 0 unspecified atom stereocenters. The number of hydrogen-bond acceptors (Lipinski definition) is 3. The number of nitrogens with zero attached hydrogens (tertiary/aromatic N) is 3. The number of fused-ring (bicyclic) bond motifs is 4. The summed E-state index contributed by atoms with van der Waals surface area (Å²) in [4.78, 5) is 9.52. The fraction of sp³-hybridized carbons (Fsp3) is 0.143. The standard InChI is InChI=1S/C28H20FN2S.C14H16NSi.Ir/c1-17(2)31-25-9-4-3-8-24(25)30-28(31)22-7-5-6-21-23-16-19(12-15-26(23)32-27(21)22)18-10-13-20(29)14-11-18;1-16(2,3)13-9-10-14(15-11-13)12-7-5-4-6-8-12;/h3-6,8-17H,1-2H3;4-7,9-11H,1-3H3;/q2*-1;. The molecule has 0 aliphatic rings. The summed E-state index contributed by atoms with van der Waals surface area (Å²) in [6, 6.07) is 44.8. The number of benzene rings is 5. The summed E-state index contributed by atoms with van der Waals surface area (Å²) in [7, 11) is -1.23. The van der Waals surface area contributed by atoms with Crippen molar-refractivity contribution in [2.75, 3.05) is 0 Å². The van der Waals surface area contributed by atoms with Crippen LogP contribution in [0.3, 0.4) is 0 Å². The molecule has 0 atom stereocenters. The summed E-state index contributed by atoms with van der Waals surface area (Å²) in [5.74, 6) is 0.737. The van der Waals surface area contributed by atoms with Crippen molar-refractivity contribution in [2.24, 2.45) is 0 Å². The molecular formula is C42H36FIrN3SSi-2. The largest absolute Gasteiger partial charge is 0.362 e. The predicted octanol–water partition coefficient (Wildman–Crippen LogP) is 11.3. The summed E-state index contributed by atoms with van der Waals surface area (Å²) in [5.41, 5.74) is 7.34. The Hall–Kier alpha value is -4.26. The molecule has 3 nitrogen and oxygen atoms in total. The first-order valence-corrected chi connectivity index (χ1v) is 20.5. The Balaban J connectivity index is 0.000000208. The molecule has 3 aromatic heterocycles. The Bertz CT molecular complexity index is 2360. The van der Waals surface area contributed by atoms with E-state index in [2.05, 4.69) is 110 Å². The third kappa shape index (κ3) is 7.08. The molecule has 0 aliphatic heterocycles. The number of hydrogen-bond donors (Lipinski definition) is 0. The smallest absolute Gasteiger partial charge is 0.123 e. The Morgan fingerprint density at radius 3 is 2.22 bits per heavy atom. The SMILES string of the molecule is CC(C)n1c(-c2[c-]ccc3c2sc2ccc(-c4ccc(F)cc4)cc23)nc2ccccc21.C[Si](C)(C)c1ccc(-c2[c-]cccc2)nc1.[Ir]. The van der Waals surface area contributed by atoms with Crippen LogP contribution in [0.15, 0.2) is 121 Å². The van der Waals surface area contributed by atoms with Gasteiger partial charge < -0.3 is 9.55 Å². The van der Waals surface area contributed by atoms with Gasteiger partial charge in [0.2, 0.25) is 0 Å². The molecule has 0 bridgehead atoms. The van der Waals surface area contributed by atoms with Gasteiger partial charge in [-0.15, -0.1) is 54.1 Å². The van der Waals surface area contributed by atoms with Crippen LogP contribution in [0, 0.1) is 17.9 Å². The Labute approximate surface area is 305 Å². The van der Waals surface area contributed by atoms with E-state index >= 15 is 0 Å². The van der Waals surface area contributed by atoms with E-state index in [1.165, 1.54) is 37.5 Å². The molecule has 247 valence electrons. The average Bonchev–Trinajstić information content (AvgIpc) is 3.68. The minimum absolute atomic E-state index is 0. The third-order valence-electron chi connectivity index (χ3n) is 8.56. The molecule has 0 spiro atoms. The molecule has 1 radical (unpaired) electrons. The van der Waals surface area contributed by atoms with Crippen LogP contribution in [-0.4, -0.2) is 22.6 Å². The number of imidazole rings is 1. The van der Waals surface area contributed by atoms with Crippen LogP contribution in [0.4, 0.5) is 4.39 Å². The Morgan fingerprint density at radius 2 is 1.53 bits per heavy atom. The molecule has 7 heteroatoms. The van der Waals surface area contributed by atoms with E-state index in [1.807, 2.05) is 54.7 Å². The molecule has 8 aromatic rings. The van der Waals surface area contributed by atoms with Gasteiger partial charge in [0.15, 0.2) is 0 Å². The molecule has 0 amide bonds. The molecule has 0 fully saturated rings. The van der Waals surface area contributed by atoms with Gasteiger partial charge in [0, 0.05) is 37.0 Å². The van der Waals surface area contributed by atoms with Gasteiger partial charge in [-0.1, -0.05) is 73.1 Å². The quantitative estimate of drug-likeness (QED) is 0.128. The maximum absolute atomic E-state index is 13.4. The van der Waals surface area contributed by atoms with Crippen molar-refractivity contribution >= 4 is 55.8 Å². The molecule has 5 aromatic carbocycles. The van der Waals surface area contributed by atoms with Crippen LogP contribution in [0.1, 0.15) is 19.9 Å². The van der Waals surface area contributed by atoms with E-state index in [-0.39, 0.29) is 32.0 Å². The fourth-order valence-corrected chi connectivity index (χ4v) is 8.23. The van der Waals surface area contributed by atoms with Crippen LogP contribution < -0.4 is 5.19 Å². The molecular weight excluding hydrogens is 818 g/mol. The maximum Gasteiger partial charge on any atom is 0.123 e. The number of aromatic nitrogens is 3. The normalized spacial score (nSPS) is 11.5. The predicted molar refractivity (Wildman–Crippen MR) is 204 cm³/mol. The van der Waals surface area contributed by atoms with Gasteiger partial charge in [0.25, 0.3) is 0 Å². The number of rotatable bonds is 5. The summed E-state index contributed by atoms with van der Waals surface area (Å²) < 4.78 is 18.1. The number of thiophene rings is 1. The van der Waals surface area contributed by atoms with Crippen molar-refractivity contribution in [2.45, 2.75) is 39.5 Å². The molecule has 0 aliphatic carbocycles. The summed E-state index contributed by atoms with van der Waals surface area (Å²) in [6.07, 6.45) is 2.02. The molecule has 0 saturated heterocycles. The van der Waals surface area contributed by atoms with E-state index in [9.17, 15) is 4.39 Å². The molecule has 8 rings (SSSR count). The van der Waals surface area contributed by atoms with Crippen LogP contribution in [-0.2, 0) is 20.1 Å². The molecule has 0 N–H and O–H groups in total. The van der Waals surface area contributed by atoms with Crippen LogP contribution in [0.25, 0.3) is 65.0 Å². The van der Waals surface area contributed by atoms with Crippen LogP contribution in [0.2, 0.25) is 19.6 Å². The van der Waals surface area contributed by atoms with Crippen molar-refractivity contribution < 1.29 is 24.5 Å². The van der Waals surface area contributed by atoms with E-state index < -0.39 is 8.07 Å². The summed E-state index contributed by atoms with van der Waals surface area (Å²) in [6.45, 7) is 11.4. The van der Waals surface area contributed by atoms with Crippen molar-refractivity contribution in [3.63, 3.8) is 0 Å². The van der Waals surface area contributed by atoms with Gasteiger partial charge in [-0.25, -0.2) is 4.39 Å². The zero-order valence-electron chi connectivity index (χ0n) is 28.1. The summed E-state index contributed by atoms with van der Waals surface area (Å²) in [5, 5.41) is 3.80. The number of pyridine rings is 1. The second-order valence-corrected chi connectivity index (χ2v) is 19.4. The Morgan fingerprint density at radius 1 is 0.776 bits per heavy atom. The second-order valence-electron chi connectivity index (χ2n) is 13.3. The first-order chi connectivity index (χ1) is 23.2. The van der Waals surface area contributed by atoms with Crippen molar-refractivity contribution in [1.29, 1.82) is 0 Å². The van der Waals surface area contributed by atoms with Gasteiger partial charge in [-0.05, 0) is 82.3 Å². The average molecular weight is 854 g/mol. The zero-order chi connectivity index (χ0) is 33.4. The van der Waals surface area contributed by atoms with E-state index in [1.54, 1.807) is 11.3 Å². The van der Waals surface area contributed by atoms with Gasteiger partial charge in [-0.3, -0.25) is 4.98 Å². The minimum atomic E-state index is -1.23. The van der Waals surface area contributed by atoms with Crippen LogP contribution >= 0.6 is 11.3 Å². The first-order valence-electron chi connectivity index (χ1n) is 16.2. The second kappa shape index (κ2) is 14.3. The monoisotopic (exact) mass is 854 g/mol. The zero-order valence-corrected chi connectivity index (χ0v) is 32.3.